The Bertz CT molecular complexity index is 628. The van der Waals surface area contributed by atoms with Gasteiger partial charge in [-0.3, -0.25) is 0 Å². The van der Waals surface area contributed by atoms with E-state index in [1.807, 2.05) is 30.3 Å². The van der Waals surface area contributed by atoms with Crippen LogP contribution in [-0.2, 0) is 18.8 Å². The van der Waals surface area contributed by atoms with Crippen molar-refractivity contribution in [1.82, 2.24) is 0 Å². The first-order valence-corrected chi connectivity index (χ1v) is 7.50. The number of anilines is 1. The van der Waals surface area contributed by atoms with Crippen LogP contribution in [0.4, 0.5) is 5.69 Å². The lowest BCUT2D eigenvalue weighted by Gasteiger charge is -2.11. The van der Waals surface area contributed by atoms with Gasteiger partial charge in [-0.25, -0.2) is 0 Å². The smallest absolute Gasteiger partial charge is 0.127 e. The summed E-state index contributed by atoms with van der Waals surface area (Å²) < 4.78 is 5.70. The topological polar surface area (TPSA) is 21.3 Å². The average molecular weight is 308 g/mol. The minimum atomic E-state index is 0.519. The van der Waals surface area contributed by atoms with Crippen molar-refractivity contribution in [3.05, 3.63) is 58.1 Å². The van der Waals surface area contributed by atoms with Crippen molar-refractivity contribution < 1.29 is 4.74 Å². The number of alkyl halides is 1. The zero-order chi connectivity index (χ0) is 13.9. The predicted molar refractivity (Wildman–Crippen MR) is 84.0 cm³/mol. The molecular formula is C16H15Cl2NO. The van der Waals surface area contributed by atoms with Gasteiger partial charge in [0.2, 0.25) is 0 Å². The molecule has 2 aromatic rings. The third-order valence-electron chi connectivity index (χ3n) is 3.39. The van der Waals surface area contributed by atoms with E-state index in [0.29, 0.717) is 12.4 Å². The Kier molecular flexibility index (Phi) is 4.04. The van der Waals surface area contributed by atoms with E-state index in [-0.39, 0.29) is 0 Å². The van der Waals surface area contributed by atoms with Crippen LogP contribution in [0.2, 0.25) is 5.02 Å². The standard InChI is InChI=1S/C16H15Cl2NO/c17-9-11-2-1-3-15(6-11)19-10-13-8-14(18)7-12-4-5-20-16(12)13/h1-3,6-8,19H,4-5,9-10H2. The maximum atomic E-state index is 6.16. The van der Waals surface area contributed by atoms with Crippen molar-refractivity contribution in [2.45, 2.75) is 18.8 Å². The summed E-state index contributed by atoms with van der Waals surface area (Å²) in [5.74, 6) is 1.50. The Balaban J connectivity index is 1.78. The molecule has 104 valence electrons. The Morgan fingerprint density at radius 3 is 2.95 bits per heavy atom. The molecule has 0 aromatic heterocycles. The summed E-state index contributed by atoms with van der Waals surface area (Å²) in [7, 11) is 0. The molecule has 0 bridgehead atoms. The van der Waals surface area contributed by atoms with Crippen LogP contribution in [-0.4, -0.2) is 6.61 Å². The molecule has 1 aliphatic rings. The second-order valence-electron chi connectivity index (χ2n) is 4.84. The number of nitrogens with one attached hydrogen (secondary N) is 1. The molecular weight excluding hydrogens is 293 g/mol. The summed E-state index contributed by atoms with van der Waals surface area (Å²) in [6.07, 6.45) is 0.935. The van der Waals surface area contributed by atoms with Gasteiger partial charge in [0.05, 0.1) is 6.61 Å². The third-order valence-corrected chi connectivity index (χ3v) is 3.92. The molecule has 0 radical (unpaired) electrons. The summed E-state index contributed by atoms with van der Waals surface area (Å²) in [5.41, 5.74) is 4.45. The molecule has 0 atom stereocenters. The van der Waals surface area contributed by atoms with Gasteiger partial charge in [0.25, 0.3) is 0 Å². The first kappa shape index (κ1) is 13.6. The van der Waals surface area contributed by atoms with E-state index in [1.54, 1.807) is 0 Å². The molecule has 0 aliphatic carbocycles. The highest BCUT2D eigenvalue weighted by atomic mass is 35.5. The van der Waals surface area contributed by atoms with Gasteiger partial charge in [-0.05, 0) is 35.4 Å². The molecule has 0 saturated heterocycles. The van der Waals surface area contributed by atoms with Gasteiger partial charge in [-0.1, -0.05) is 23.7 Å². The molecule has 2 aromatic carbocycles. The first-order valence-electron chi connectivity index (χ1n) is 6.59. The predicted octanol–water partition coefficient (Wildman–Crippen LogP) is 4.63. The maximum absolute atomic E-state index is 6.16. The number of benzene rings is 2. The quantitative estimate of drug-likeness (QED) is 0.832. The van der Waals surface area contributed by atoms with Gasteiger partial charge < -0.3 is 10.1 Å². The van der Waals surface area contributed by atoms with E-state index >= 15 is 0 Å². The minimum absolute atomic E-state index is 0.519. The van der Waals surface area contributed by atoms with Crippen molar-refractivity contribution in [2.75, 3.05) is 11.9 Å². The van der Waals surface area contributed by atoms with Crippen molar-refractivity contribution >= 4 is 28.9 Å². The monoisotopic (exact) mass is 307 g/mol. The summed E-state index contributed by atoms with van der Waals surface area (Å²) >= 11 is 12.0. The summed E-state index contributed by atoms with van der Waals surface area (Å²) in [6.45, 7) is 1.43. The van der Waals surface area contributed by atoms with E-state index in [4.69, 9.17) is 27.9 Å². The van der Waals surface area contributed by atoms with E-state index in [2.05, 4.69) is 11.4 Å². The second kappa shape index (κ2) is 5.94. The first-order chi connectivity index (χ1) is 9.76. The van der Waals surface area contributed by atoms with Crippen LogP contribution in [0.5, 0.6) is 5.75 Å². The lowest BCUT2D eigenvalue weighted by atomic mass is 10.1. The van der Waals surface area contributed by atoms with Crippen molar-refractivity contribution in [1.29, 1.82) is 0 Å². The number of halogens is 2. The molecule has 3 rings (SSSR count). The molecule has 0 amide bonds. The largest absolute Gasteiger partial charge is 0.493 e. The lowest BCUT2D eigenvalue weighted by Crippen LogP contribution is -2.02. The van der Waals surface area contributed by atoms with Crippen LogP contribution in [0.15, 0.2) is 36.4 Å². The van der Waals surface area contributed by atoms with Gasteiger partial charge in [0.15, 0.2) is 0 Å². The molecule has 1 aliphatic heterocycles. The molecule has 0 saturated carbocycles. The van der Waals surface area contributed by atoms with Gasteiger partial charge in [0, 0.05) is 35.1 Å². The van der Waals surface area contributed by atoms with Crippen LogP contribution in [0, 0.1) is 0 Å². The van der Waals surface area contributed by atoms with Crippen molar-refractivity contribution in [2.24, 2.45) is 0 Å². The van der Waals surface area contributed by atoms with Crippen LogP contribution < -0.4 is 10.1 Å². The summed E-state index contributed by atoms with van der Waals surface area (Å²) in [6, 6.07) is 12.0. The fourth-order valence-electron chi connectivity index (χ4n) is 2.44. The molecule has 0 spiro atoms. The van der Waals surface area contributed by atoms with Crippen molar-refractivity contribution in [3.8, 4) is 5.75 Å². The van der Waals surface area contributed by atoms with Gasteiger partial charge in [0.1, 0.15) is 5.75 Å². The highest BCUT2D eigenvalue weighted by Crippen LogP contribution is 2.33. The molecule has 20 heavy (non-hydrogen) atoms. The van der Waals surface area contributed by atoms with E-state index < -0.39 is 0 Å². The minimum Gasteiger partial charge on any atom is -0.493 e. The fraction of sp³-hybridized carbons (Fsp3) is 0.250. The maximum Gasteiger partial charge on any atom is 0.127 e. The van der Waals surface area contributed by atoms with Crippen molar-refractivity contribution in [3.63, 3.8) is 0 Å². The SMILES string of the molecule is ClCc1cccc(NCc2cc(Cl)cc3c2OCC3)c1. The summed E-state index contributed by atoms with van der Waals surface area (Å²) in [5, 5.41) is 4.16. The van der Waals surface area contributed by atoms with Crippen LogP contribution >= 0.6 is 23.2 Å². The van der Waals surface area contributed by atoms with Crippen LogP contribution in [0.25, 0.3) is 0 Å². The fourth-order valence-corrected chi connectivity index (χ4v) is 2.87. The number of hydrogen-bond acceptors (Lipinski definition) is 2. The van der Waals surface area contributed by atoms with E-state index in [0.717, 1.165) is 40.6 Å². The van der Waals surface area contributed by atoms with Gasteiger partial charge >= 0.3 is 0 Å². The third kappa shape index (κ3) is 2.87. The lowest BCUT2D eigenvalue weighted by molar-refractivity contribution is 0.354. The Morgan fingerprint density at radius 1 is 1.20 bits per heavy atom. The number of fused-ring (bicyclic) bond motifs is 1. The zero-order valence-electron chi connectivity index (χ0n) is 11.0. The van der Waals surface area contributed by atoms with E-state index in [1.165, 1.54) is 5.56 Å². The Morgan fingerprint density at radius 2 is 2.10 bits per heavy atom. The average Bonchev–Trinajstić information content (AvgIpc) is 2.93. The molecule has 1 heterocycles. The zero-order valence-corrected chi connectivity index (χ0v) is 12.5. The Labute approximate surface area is 128 Å². The highest BCUT2D eigenvalue weighted by molar-refractivity contribution is 6.30. The molecule has 0 unspecified atom stereocenters. The molecule has 4 heteroatoms. The number of hydrogen-bond donors (Lipinski definition) is 1. The molecule has 0 fully saturated rings. The van der Waals surface area contributed by atoms with Crippen LogP contribution in [0.3, 0.4) is 0 Å². The normalized spacial score (nSPS) is 12.9. The number of rotatable bonds is 4. The number of ether oxygens (including phenoxy) is 1. The van der Waals surface area contributed by atoms with Gasteiger partial charge in [-0.2, -0.15) is 0 Å². The van der Waals surface area contributed by atoms with Crippen LogP contribution in [0.1, 0.15) is 16.7 Å². The molecule has 1 N–H and O–H groups in total. The van der Waals surface area contributed by atoms with E-state index in [9.17, 15) is 0 Å². The summed E-state index contributed by atoms with van der Waals surface area (Å²) in [4.78, 5) is 0. The Hall–Kier alpha value is -1.38. The highest BCUT2D eigenvalue weighted by Gasteiger charge is 2.17. The second-order valence-corrected chi connectivity index (χ2v) is 5.54. The molecule has 2 nitrogen and oxygen atoms in total. The van der Waals surface area contributed by atoms with Gasteiger partial charge in [-0.15, -0.1) is 11.6 Å².